The lowest BCUT2D eigenvalue weighted by atomic mass is 10.2. The van der Waals surface area contributed by atoms with Crippen LogP contribution in [-0.4, -0.2) is 17.9 Å². The van der Waals surface area contributed by atoms with Gasteiger partial charge in [-0.3, -0.25) is 0 Å². The van der Waals surface area contributed by atoms with Crippen LogP contribution in [0.15, 0.2) is 65.2 Å². The van der Waals surface area contributed by atoms with Crippen LogP contribution in [0, 0.1) is 0 Å². The van der Waals surface area contributed by atoms with E-state index in [4.69, 9.17) is 18.7 Å². The van der Waals surface area contributed by atoms with E-state index in [0.717, 1.165) is 11.1 Å². The molecular weight excluding hydrogens is 334 g/mol. The number of nitrogens with zero attached hydrogens (tertiary/aromatic N) is 1. The van der Waals surface area contributed by atoms with E-state index >= 15 is 0 Å². The molecule has 0 atom stereocenters. The first-order chi connectivity index (χ1) is 12.8. The van der Waals surface area contributed by atoms with Gasteiger partial charge in [-0.05, 0) is 23.8 Å². The normalized spacial score (nSPS) is 12.5. The largest absolute Gasteiger partial charge is 0.456 e. The van der Waals surface area contributed by atoms with Gasteiger partial charge in [0.15, 0.2) is 17.3 Å². The van der Waals surface area contributed by atoms with Gasteiger partial charge in [0.05, 0.1) is 0 Å². The van der Waals surface area contributed by atoms with E-state index in [1.165, 1.54) is 6.08 Å². The van der Waals surface area contributed by atoms with E-state index in [0.29, 0.717) is 23.0 Å². The molecule has 6 nitrogen and oxygen atoms in total. The molecule has 0 aliphatic carbocycles. The van der Waals surface area contributed by atoms with E-state index in [9.17, 15) is 4.79 Å². The lowest BCUT2D eigenvalue weighted by Crippen LogP contribution is -2.00. The lowest BCUT2D eigenvalue weighted by Gasteiger charge is -1.99. The molecule has 2 heterocycles. The van der Waals surface area contributed by atoms with Crippen molar-refractivity contribution in [3.05, 3.63) is 71.9 Å². The zero-order chi connectivity index (χ0) is 17.8. The Kier molecular flexibility index (Phi) is 4.38. The minimum Gasteiger partial charge on any atom is -0.456 e. The van der Waals surface area contributed by atoms with Gasteiger partial charge >= 0.3 is 5.97 Å². The highest BCUT2D eigenvalue weighted by Crippen LogP contribution is 2.32. The zero-order valence-corrected chi connectivity index (χ0v) is 13.8. The first kappa shape index (κ1) is 16.0. The number of benzene rings is 2. The maximum absolute atomic E-state index is 11.9. The fourth-order valence-corrected chi connectivity index (χ4v) is 2.49. The van der Waals surface area contributed by atoms with Crippen LogP contribution < -0.4 is 9.47 Å². The molecule has 3 aromatic rings. The SMILES string of the molecule is O=C(/C=C/c1ccc2c(c1)OCO2)OCc1cc(-c2ccccc2)on1. The highest BCUT2D eigenvalue weighted by atomic mass is 16.7. The van der Waals surface area contributed by atoms with Crippen molar-refractivity contribution in [2.75, 3.05) is 6.79 Å². The minimum atomic E-state index is -0.466. The second kappa shape index (κ2) is 7.14. The van der Waals surface area contributed by atoms with Gasteiger partial charge in [-0.1, -0.05) is 41.6 Å². The number of ether oxygens (including phenoxy) is 3. The predicted molar refractivity (Wildman–Crippen MR) is 93.3 cm³/mol. The van der Waals surface area contributed by atoms with E-state index in [2.05, 4.69) is 5.16 Å². The van der Waals surface area contributed by atoms with Crippen molar-refractivity contribution >= 4 is 12.0 Å². The van der Waals surface area contributed by atoms with Crippen molar-refractivity contribution in [2.24, 2.45) is 0 Å². The van der Waals surface area contributed by atoms with Crippen LogP contribution in [0.5, 0.6) is 11.5 Å². The summed E-state index contributed by atoms with van der Waals surface area (Å²) in [6.45, 7) is 0.258. The summed E-state index contributed by atoms with van der Waals surface area (Å²) in [7, 11) is 0. The number of rotatable bonds is 5. The zero-order valence-electron chi connectivity index (χ0n) is 13.8. The molecule has 130 valence electrons. The molecule has 0 spiro atoms. The van der Waals surface area contributed by atoms with Gasteiger partial charge in [0.2, 0.25) is 6.79 Å². The van der Waals surface area contributed by atoms with Crippen LogP contribution in [0.3, 0.4) is 0 Å². The van der Waals surface area contributed by atoms with Crippen LogP contribution in [0.2, 0.25) is 0 Å². The number of esters is 1. The van der Waals surface area contributed by atoms with Gasteiger partial charge in [0.25, 0.3) is 0 Å². The van der Waals surface area contributed by atoms with Crippen molar-refractivity contribution in [3.8, 4) is 22.8 Å². The quantitative estimate of drug-likeness (QED) is 0.515. The van der Waals surface area contributed by atoms with Crippen molar-refractivity contribution in [3.63, 3.8) is 0 Å². The Hall–Kier alpha value is -3.54. The second-order valence-electron chi connectivity index (χ2n) is 5.60. The van der Waals surface area contributed by atoms with E-state index in [-0.39, 0.29) is 13.4 Å². The Morgan fingerprint density at radius 3 is 2.81 bits per heavy atom. The van der Waals surface area contributed by atoms with Crippen molar-refractivity contribution in [1.29, 1.82) is 0 Å². The Bertz CT molecular complexity index is 946. The summed E-state index contributed by atoms with van der Waals surface area (Å²) in [5.41, 5.74) is 2.29. The summed E-state index contributed by atoms with van der Waals surface area (Å²) in [6, 6.07) is 16.8. The van der Waals surface area contributed by atoms with Gasteiger partial charge in [0.1, 0.15) is 12.3 Å². The van der Waals surface area contributed by atoms with Crippen LogP contribution in [-0.2, 0) is 16.1 Å². The van der Waals surface area contributed by atoms with Crippen LogP contribution >= 0.6 is 0 Å². The number of hydrogen-bond donors (Lipinski definition) is 0. The van der Waals surface area contributed by atoms with Crippen LogP contribution in [0.1, 0.15) is 11.3 Å². The van der Waals surface area contributed by atoms with Gasteiger partial charge in [-0.15, -0.1) is 0 Å². The minimum absolute atomic E-state index is 0.0423. The Morgan fingerprint density at radius 2 is 1.92 bits per heavy atom. The summed E-state index contributed by atoms with van der Waals surface area (Å²) in [6.07, 6.45) is 3.01. The third-order valence-electron chi connectivity index (χ3n) is 3.79. The maximum atomic E-state index is 11.9. The topological polar surface area (TPSA) is 70.8 Å². The number of carbonyl (C=O) groups is 1. The maximum Gasteiger partial charge on any atom is 0.331 e. The molecule has 0 fully saturated rings. The summed E-state index contributed by atoms with van der Waals surface area (Å²) in [5, 5.41) is 3.92. The second-order valence-corrected chi connectivity index (χ2v) is 5.60. The molecule has 2 aromatic carbocycles. The fourth-order valence-electron chi connectivity index (χ4n) is 2.49. The lowest BCUT2D eigenvalue weighted by molar-refractivity contribution is -0.139. The molecular formula is C20H15NO5. The van der Waals surface area contributed by atoms with Crippen molar-refractivity contribution in [1.82, 2.24) is 5.16 Å². The first-order valence-corrected chi connectivity index (χ1v) is 8.03. The highest BCUT2D eigenvalue weighted by molar-refractivity contribution is 5.87. The van der Waals surface area contributed by atoms with Gasteiger partial charge in [-0.25, -0.2) is 4.79 Å². The molecule has 1 aliphatic heterocycles. The summed E-state index contributed by atoms with van der Waals surface area (Å²) in [4.78, 5) is 11.9. The molecule has 1 aliphatic rings. The number of fused-ring (bicyclic) bond motifs is 1. The van der Waals surface area contributed by atoms with Gasteiger partial charge < -0.3 is 18.7 Å². The molecule has 0 unspecified atom stereocenters. The third-order valence-corrected chi connectivity index (χ3v) is 3.79. The summed E-state index contributed by atoms with van der Waals surface area (Å²) >= 11 is 0. The number of carbonyl (C=O) groups excluding carboxylic acids is 1. The fraction of sp³-hybridized carbons (Fsp3) is 0.100. The van der Waals surface area contributed by atoms with Crippen LogP contribution in [0.25, 0.3) is 17.4 Å². The summed E-state index contributed by atoms with van der Waals surface area (Å²) < 4.78 is 21.0. The van der Waals surface area contributed by atoms with Crippen LogP contribution in [0.4, 0.5) is 0 Å². The Balaban J connectivity index is 1.33. The molecule has 0 saturated heterocycles. The third kappa shape index (κ3) is 3.59. The monoisotopic (exact) mass is 349 g/mol. The molecule has 0 saturated carbocycles. The van der Waals surface area contributed by atoms with Crippen molar-refractivity contribution in [2.45, 2.75) is 6.61 Å². The summed E-state index contributed by atoms with van der Waals surface area (Å²) in [5.74, 6) is 1.53. The average molecular weight is 349 g/mol. The molecule has 0 bridgehead atoms. The Morgan fingerprint density at radius 1 is 1.08 bits per heavy atom. The number of aromatic nitrogens is 1. The number of hydrogen-bond acceptors (Lipinski definition) is 6. The smallest absolute Gasteiger partial charge is 0.331 e. The highest BCUT2D eigenvalue weighted by Gasteiger charge is 2.12. The molecule has 26 heavy (non-hydrogen) atoms. The van der Waals surface area contributed by atoms with E-state index < -0.39 is 5.97 Å². The van der Waals surface area contributed by atoms with Crippen molar-refractivity contribution < 1.29 is 23.5 Å². The van der Waals surface area contributed by atoms with Gasteiger partial charge in [0, 0.05) is 17.7 Å². The first-order valence-electron chi connectivity index (χ1n) is 8.03. The molecule has 0 radical (unpaired) electrons. The molecule has 0 amide bonds. The Labute approximate surface area is 149 Å². The van der Waals surface area contributed by atoms with E-state index in [1.54, 1.807) is 24.3 Å². The molecule has 0 N–H and O–H groups in total. The predicted octanol–water partition coefficient (Wildman–Crippen LogP) is 3.83. The standard InChI is InChI=1S/C20H15NO5/c22-20(9-7-14-6-8-17-19(10-14)25-13-24-17)23-12-16-11-18(26-21-16)15-4-2-1-3-5-15/h1-11H,12-13H2/b9-7+. The molecule has 1 aromatic heterocycles. The van der Waals surface area contributed by atoms with Gasteiger partial charge in [-0.2, -0.15) is 0 Å². The average Bonchev–Trinajstić information content (AvgIpc) is 3.34. The molecule has 6 heteroatoms. The van der Waals surface area contributed by atoms with E-state index in [1.807, 2.05) is 36.4 Å². The molecule has 4 rings (SSSR count).